The van der Waals surface area contributed by atoms with Crippen LogP contribution in [0.5, 0.6) is 11.5 Å². The molecule has 0 radical (unpaired) electrons. The summed E-state index contributed by atoms with van der Waals surface area (Å²) in [5, 5.41) is 20.3. The number of aliphatic hydroxyl groups excluding tert-OH is 1. The Morgan fingerprint density at radius 2 is 1.62 bits per heavy atom. The van der Waals surface area contributed by atoms with Crippen LogP contribution < -0.4 is 4.74 Å². The molecule has 0 spiro atoms. The first-order valence-electron chi connectivity index (χ1n) is 10.8. The van der Waals surface area contributed by atoms with Crippen molar-refractivity contribution in [3.63, 3.8) is 0 Å². The van der Waals surface area contributed by atoms with Gasteiger partial charge in [0.1, 0.15) is 17.1 Å². The van der Waals surface area contributed by atoms with Crippen molar-refractivity contribution in [3.05, 3.63) is 71.0 Å². The lowest BCUT2D eigenvalue weighted by molar-refractivity contribution is -0.130. The van der Waals surface area contributed by atoms with Crippen molar-refractivity contribution in [1.29, 1.82) is 0 Å². The van der Waals surface area contributed by atoms with Crippen LogP contribution >= 0.6 is 0 Å². The van der Waals surface area contributed by atoms with Crippen LogP contribution in [-0.4, -0.2) is 32.4 Å². The van der Waals surface area contributed by atoms with E-state index in [0.29, 0.717) is 5.56 Å². The molecule has 3 rings (SSSR count). The van der Waals surface area contributed by atoms with E-state index in [0.717, 1.165) is 11.3 Å². The van der Waals surface area contributed by atoms with Crippen LogP contribution in [0.1, 0.15) is 58.2 Å². The summed E-state index contributed by atoms with van der Waals surface area (Å²) in [6.45, 7) is 9.95. The Labute approximate surface area is 189 Å². The zero-order chi connectivity index (χ0) is 23.6. The summed E-state index contributed by atoms with van der Waals surface area (Å²) in [5.74, 6) is -0.435. The maximum atomic E-state index is 13.0. The number of Topliss-reactive ketones (excluding diaryl/α,β-unsaturated/α-hetero) is 1. The van der Waals surface area contributed by atoms with Gasteiger partial charge in [-0.05, 0) is 62.1 Å². The van der Waals surface area contributed by atoms with Crippen molar-refractivity contribution in [1.82, 2.24) is 4.90 Å². The molecule has 1 aliphatic heterocycles. The van der Waals surface area contributed by atoms with Gasteiger partial charge in [-0.2, -0.15) is 0 Å². The predicted octanol–water partition coefficient (Wildman–Crippen LogP) is 5.08. The Morgan fingerprint density at radius 3 is 2.16 bits per heavy atom. The number of hydrogen-bond donors (Lipinski definition) is 2. The highest BCUT2D eigenvalue weighted by molar-refractivity contribution is 6.09. The van der Waals surface area contributed by atoms with Crippen LogP contribution in [-0.2, 0) is 16.1 Å². The Hall–Kier alpha value is -3.28. The number of nitrogens with zero attached hydrogens (tertiary/aromatic N) is 1. The molecule has 0 aromatic heterocycles. The molecule has 32 heavy (non-hydrogen) atoms. The lowest BCUT2D eigenvalue weighted by Gasteiger charge is -2.27. The summed E-state index contributed by atoms with van der Waals surface area (Å²) < 4.78 is 5.85. The highest BCUT2D eigenvalue weighted by Crippen LogP contribution is 2.40. The van der Waals surface area contributed by atoms with E-state index in [1.165, 1.54) is 17.0 Å². The number of amides is 1. The van der Waals surface area contributed by atoms with Gasteiger partial charge < -0.3 is 19.8 Å². The molecule has 2 aromatic rings. The average Bonchev–Trinajstić information content (AvgIpc) is 2.93. The summed E-state index contributed by atoms with van der Waals surface area (Å²) in [7, 11) is 0. The third-order valence-corrected chi connectivity index (χ3v) is 5.11. The van der Waals surface area contributed by atoms with E-state index >= 15 is 0 Å². The van der Waals surface area contributed by atoms with Gasteiger partial charge in [0.25, 0.3) is 5.91 Å². The number of benzene rings is 2. The molecule has 1 unspecified atom stereocenters. The van der Waals surface area contributed by atoms with Gasteiger partial charge in [-0.25, -0.2) is 0 Å². The lowest BCUT2D eigenvalue weighted by Crippen LogP contribution is -2.30. The second kappa shape index (κ2) is 9.07. The highest BCUT2D eigenvalue weighted by Gasteiger charge is 2.43. The number of aromatic hydroxyl groups is 1. The Morgan fingerprint density at radius 1 is 1.03 bits per heavy atom. The van der Waals surface area contributed by atoms with E-state index in [1.807, 2.05) is 58.9 Å². The molecule has 0 saturated heterocycles. The van der Waals surface area contributed by atoms with Gasteiger partial charge in [0, 0.05) is 13.0 Å². The molecular weight excluding hydrogens is 406 g/mol. The van der Waals surface area contributed by atoms with Gasteiger partial charge in [-0.15, -0.1) is 0 Å². The Bertz CT molecular complexity index is 1010. The van der Waals surface area contributed by atoms with Gasteiger partial charge >= 0.3 is 0 Å². The lowest BCUT2D eigenvalue weighted by atomic mass is 9.92. The zero-order valence-electron chi connectivity index (χ0n) is 19.3. The maximum Gasteiger partial charge on any atom is 0.290 e. The second-order valence-electron chi connectivity index (χ2n) is 9.57. The molecule has 6 heteroatoms. The monoisotopic (exact) mass is 437 g/mol. The average molecular weight is 438 g/mol. The van der Waals surface area contributed by atoms with Crippen molar-refractivity contribution in [2.45, 2.75) is 59.2 Å². The minimum atomic E-state index is -0.722. The predicted molar refractivity (Wildman–Crippen MR) is 122 cm³/mol. The SMILES string of the molecule is CC(C)CC(=O)C1=C(O)C(=O)N(Cc2ccc(OC(C)(C)C)cc2)C1c1ccc(O)cc1. The summed E-state index contributed by atoms with van der Waals surface area (Å²) in [6.07, 6.45) is 0.230. The maximum absolute atomic E-state index is 13.0. The topological polar surface area (TPSA) is 87.1 Å². The van der Waals surface area contributed by atoms with Gasteiger partial charge in [-0.1, -0.05) is 38.1 Å². The molecule has 2 N–H and O–H groups in total. The van der Waals surface area contributed by atoms with E-state index in [9.17, 15) is 19.8 Å². The molecule has 170 valence electrons. The highest BCUT2D eigenvalue weighted by atomic mass is 16.5. The molecule has 6 nitrogen and oxygen atoms in total. The third kappa shape index (κ3) is 5.31. The summed E-state index contributed by atoms with van der Waals surface area (Å²) in [6, 6.07) is 13.1. The summed E-state index contributed by atoms with van der Waals surface area (Å²) in [4.78, 5) is 27.5. The van der Waals surface area contributed by atoms with E-state index in [1.54, 1.807) is 12.1 Å². The molecule has 1 aliphatic rings. The van der Waals surface area contributed by atoms with Crippen LogP contribution in [0.3, 0.4) is 0 Å². The molecule has 0 aliphatic carbocycles. The Balaban J connectivity index is 1.94. The van der Waals surface area contributed by atoms with Crippen molar-refractivity contribution in [3.8, 4) is 11.5 Å². The van der Waals surface area contributed by atoms with Gasteiger partial charge in [0.05, 0.1) is 11.6 Å². The van der Waals surface area contributed by atoms with Crippen molar-refractivity contribution < 1.29 is 24.5 Å². The third-order valence-electron chi connectivity index (χ3n) is 5.11. The fourth-order valence-corrected chi connectivity index (χ4v) is 3.80. The first kappa shape index (κ1) is 23.4. The van der Waals surface area contributed by atoms with Gasteiger partial charge in [0.15, 0.2) is 11.5 Å². The van der Waals surface area contributed by atoms with E-state index in [-0.39, 0.29) is 41.6 Å². The van der Waals surface area contributed by atoms with Crippen LogP contribution in [0.25, 0.3) is 0 Å². The smallest absolute Gasteiger partial charge is 0.290 e. The molecule has 0 saturated carbocycles. The minimum absolute atomic E-state index is 0.0855. The molecule has 0 fully saturated rings. The molecular formula is C26H31NO5. The second-order valence-corrected chi connectivity index (χ2v) is 9.57. The normalized spacial score (nSPS) is 16.8. The fraction of sp³-hybridized carbons (Fsp3) is 0.385. The number of carbonyl (C=O) groups is 2. The molecule has 2 aromatic carbocycles. The van der Waals surface area contributed by atoms with E-state index in [4.69, 9.17) is 4.74 Å². The number of aliphatic hydroxyl groups is 1. The fourth-order valence-electron chi connectivity index (χ4n) is 3.80. The first-order chi connectivity index (χ1) is 15.0. The molecule has 0 bridgehead atoms. The van der Waals surface area contributed by atoms with Crippen molar-refractivity contribution in [2.75, 3.05) is 0 Å². The number of phenols is 1. The zero-order valence-corrected chi connectivity index (χ0v) is 19.3. The number of ketones is 1. The van der Waals surface area contributed by atoms with Crippen molar-refractivity contribution >= 4 is 11.7 Å². The number of carbonyl (C=O) groups excluding carboxylic acids is 2. The van der Waals surface area contributed by atoms with Crippen LogP contribution in [0.15, 0.2) is 59.9 Å². The Kier molecular flexibility index (Phi) is 6.63. The van der Waals surface area contributed by atoms with E-state index < -0.39 is 17.7 Å². The number of rotatable bonds is 7. The van der Waals surface area contributed by atoms with Crippen LogP contribution in [0, 0.1) is 5.92 Å². The van der Waals surface area contributed by atoms with Crippen LogP contribution in [0.2, 0.25) is 0 Å². The molecule has 1 amide bonds. The quantitative estimate of drug-likeness (QED) is 0.631. The summed E-state index contributed by atoms with van der Waals surface area (Å²) in [5.41, 5.74) is 1.29. The number of hydrogen-bond acceptors (Lipinski definition) is 5. The molecule has 1 heterocycles. The number of ether oxygens (including phenoxy) is 1. The minimum Gasteiger partial charge on any atom is -0.508 e. The summed E-state index contributed by atoms with van der Waals surface area (Å²) >= 11 is 0. The van der Waals surface area contributed by atoms with Crippen LogP contribution in [0.4, 0.5) is 0 Å². The standard InChI is InChI=1S/C26H31NO5/c1-16(2)14-21(29)22-23(18-8-10-19(28)11-9-18)27(25(31)24(22)30)15-17-6-12-20(13-7-17)32-26(3,4)5/h6-13,16,23,28,30H,14-15H2,1-5H3. The van der Waals surface area contributed by atoms with Gasteiger partial charge in [0.2, 0.25) is 0 Å². The van der Waals surface area contributed by atoms with E-state index in [2.05, 4.69) is 0 Å². The largest absolute Gasteiger partial charge is 0.508 e. The molecule has 1 atom stereocenters. The van der Waals surface area contributed by atoms with Gasteiger partial charge in [-0.3, -0.25) is 9.59 Å². The number of phenolic OH excluding ortho intramolecular Hbond substituents is 1. The first-order valence-corrected chi connectivity index (χ1v) is 10.8. The van der Waals surface area contributed by atoms with Crippen molar-refractivity contribution in [2.24, 2.45) is 5.92 Å².